The van der Waals surface area contributed by atoms with Gasteiger partial charge in [-0.3, -0.25) is 14.6 Å². The van der Waals surface area contributed by atoms with E-state index in [2.05, 4.69) is 20.5 Å². The molecule has 0 bridgehead atoms. The molecule has 1 aliphatic rings. The molecular weight excluding hydrogens is 372 g/mol. The monoisotopic (exact) mass is 400 g/mol. The largest absolute Gasteiger partial charge is 0.384 e. The summed E-state index contributed by atoms with van der Waals surface area (Å²) < 4.78 is 7.05. The van der Waals surface area contributed by atoms with Crippen molar-refractivity contribution in [2.75, 3.05) is 26.8 Å². The summed E-state index contributed by atoms with van der Waals surface area (Å²) in [4.78, 5) is 30.9. The summed E-state index contributed by atoms with van der Waals surface area (Å²) in [7, 11) is 1.59. The molecule has 0 saturated heterocycles. The van der Waals surface area contributed by atoms with Crippen LogP contribution in [0.3, 0.4) is 0 Å². The fourth-order valence-electron chi connectivity index (χ4n) is 3.41. The van der Waals surface area contributed by atoms with Crippen molar-refractivity contribution >= 4 is 11.8 Å². The van der Waals surface area contributed by atoms with Gasteiger partial charge in [-0.1, -0.05) is 19.9 Å². The van der Waals surface area contributed by atoms with Crippen LogP contribution in [0, 0.1) is 5.92 Å². The standard InChI is InChI=1S/C20H28N6O3/c1-14(2)18(22-20(28)15-6-4-5-9-21-15)19-24-23-16-7-10-25(11-12-26(16)19)17(27)8-13-29-3/h4-6,9,14,18H,7-8,10-13H2,1-3H3,(H,22,28). The highest BCUT2D eigenvalue weighted by Gasteiger charge is 2.28. The third-order valence-corrected chi connectivity index (χ3v) is 5.06. The summed E-state index contributed by atoms with van der Waals surface area (Å²) in [5, 5.41) is 11.8. The minimum Gasteiger partial charge on any atom is -0.384 e. The second-order valence-corrected chi connectivity index (χ2v) is 7.41. The maximum Gasteiger partial charge on any atom is 0.270 e. The smallest absolute Gasteiger partial charge is 0.270 e. The van der Waals surface area contributed by atoms with Crippen LogP contribution in [0.1, 0.15) is 48.4 Å². The van der Waals surface area contributed by atoms with Crippen LogP contribution in [-0.2, 0) is 22.5 Å². The average molecular weight is 400 g/mol. The van der Waals surface area contributed by atoms with E-state index < -0.39 is 0 Å². The zero-order chi connectivity index (χ0) is 20.8. The number of rotatable bonds is 7. The van der Waals surface area contributed by atoms with Gasteiger partial charge in [-0.15, -0.1) is 10.2 Å². The van der Waals surface area contributed by atoms with Crippen molar-refractivity contribution < 1.29 is 14.3 Å². The van der Waals surface area contributed by atoms with Gasteiger partial charge in [-0.2, -0.15) is 0 Å². The van der Waals surface area contributed by atoms with E-state index in [9.17, 15) is 9.59 Å². The molecule has 3 rings (SSSR count). The third kappa shape index (κ3) is 4.97. The number of fused-ring (bicyclic) bond motifs is 1. The molecule has 156 valence electrons. The van der Waals surface area contributed by atoms with Crippen molar-refractivity contribution in [1.82, 2.24) is 30.0 Å². The Hall–Kier alpha value is -2.81. The summed E-state index contributed by atoms with van der Waals surface area (Å²) >= 11 is 0. The fraction of sp³-hybridized carbons (Fsp3) is 0.550. The van der Waals surface area contributed by atoms with Gasteiger partial charge in [0, 0.05) is 39.4 Å². The third-order valence-electron chi connectivity index (χ3n) is 5.06. The molecule has 1 unspecified atom stereocenters. The highest BCUT2D eigenvalue weighted by Crippen LogP contribution is 2.23. The number of carbonyl (C=O) groups is 2. The molecule has 0 saturated carbocycles. The first kappa shape index (κ1) is 20.9. The van der Waals surface area contributed by atoms with Crippen molar-refractivity contribution in [3.8, 4) is 0 Å². The second kappa shape index (κ2) is 9.60. The number of aromatic nitrogens is 4. The topological polar surface area (TPSA) is 102 Å². The van der Waals surface area contributed by atoms with E-state index in [1.165, 1.54) is 0 Å². The lowest BCUT2D eigenvalue weighted by Gasteiger charge is -2.23. The molecule has 0 aromatic carbocycles. The van der Waals surface area contributed by atoms with Crippen LogP contribution in [-0.4, -0.2) is 63.3 Å². The SMILES string of the molecule is COCCC(=O)N1CCc2nnc(C(NC(=O)c3ccccn3)C(C)C)n2CC1. The quantitative estimate of drug-likeness (QED) is 0.750. The number of hydrogen-bond acceptors (Lipinski definition) is 6. The van der Waals surface area contributed by atoms with Crippen molar-refractivity contribution in [3.63, 3.8) is 0 Å². The number of nitrogens with zero attached hydrogens (tertiary/aromatic N) is 5. The molecule has 2 amide bonds. The van der Waals surface area contributed by atoms with Crippen LogP contribution in [0.5, 0.6) is 0 Å². The summed E-state index contributed by atoms with van der Waals surface area (Å²) in [6.07, 6.45) is 2.60. The van der Waals surface area contributed by atoms with Crippen LogP contribution in [0.2, 0.25) is 0 Å². The summed E-state index contributed by atoms with van der Waals surface area (Å²) in [5.74, 6) is 1.49. The first-order chi connectivity index (χ1) is 14.0. The molecule has 0 radical (unpaired) electrons. The number of ether oxygens (including phenoxy) is 1. The Bertz CT molecular complexity index is 836. The van der Waals surface area contributed by atoms with Gasteiger partial charge in [0.05, 0.1) is 19.1 Å². The average Bonchev–Trinajstić information content (AvgIpc) is 3.00. The molecule has 1 N–H and O–H groups in total. The maximum absolute atomic E-state index is 12.6. The van der Waals surface area contributed by atoms with E-state index >= 15 is 0 Å². The number of methoxy groups -OCH3 is 1. The molecular formula is C20H28N6O3. The number of hydrogen-bond donors (Lipinski definition) is 1. The molecule has 9 nitrogen and oxygen atoms in total. The van der Waals surface area contributed by atoms with Crippen LogP contribution in [0.15, 0.2) is 24.4 Å². The Kier molecular flexibility index (Phi) is 6.92. The van der Waals surface area contributed by atoms with E-state index in [1.807, 2.05) is 23.3 Å². The van der Waals surface area contributed by atoms with Crippen molar-refractivity contribution in [1.29, 1.82) is 0 Å². The predicted molar refractivity (Wildman–Crippen MR) is 106 cm³/mol. The molecule has 1 atom stereocenters. The Morgan fingerprint density at radius 1 is 1.21 bits per heavy atom. The van der Waals surface area contributed by atoms with E-state index in [1.54, 1.807) is 31.5 Å². The van der Waals surface area contributed by atoms with Crippen molar-refractivity contribution in [2.24, 2.45) is 5.92 Å². The second-order valence-electron chi connectivity index (χ2n) is 7.41. The molecule has 2 aromatic rings. The van der Waals surface area contributed by atoms with Crippen LogP contribution >= 0.6 is 0 Å². The van der Waals surface area contributed by atoms with Crippen LogP contribution in [0.25, 0.3) is 0 Å². The molecule has 2 aromatic heterocycles. The van der Waals surface area contributed by atoms with E-state index in [4.69, 9.17) is 4.74 Å². The number of pyridine rings is 1. The van der Waals surface area contributed by atoms with Crippen molar-refractivity contribution in [3.05, 3.63) is 41.7 Å². The molecule has 0 aliphatic carbocycles. The van der Waals surface area contributed by atoms with Gasteiger partial charge in [-0.05, 0) is 18.1 Å². The van der Waals surface area contributed by atoms with Gasteiger partial charge < -0.3 is 19.5 Å². The highest BCUT2D eigenvalue weighted by atomic mass is 16.5. The van der Waals surface area contributed by atoms with Gasteiger partial charge in [0.25, 0.3) is 5.91 Å². The Morgan fingerprint density at radius 3 is 2.72 bits per heavy atom. The predicted octanol–water partition coefficient (Wildman–Crippen LogP) is 1.22. The fourth-order valence-corrected chi connectivity index (χ4v) is 3.41. The highest BCUT2D eigenvalue weighted by molar-refractivity contribution is 5.92. The zero-order valence-electron chi connectivity index (χ0n) is 17.2. The lowest BCUT2D eigenvalue weighted by atomic mass is 10.0. The Labute approximate surface area is 170 Å². The molecule has 0 spiro atoms. The van der Waals surface area contributed by atoms with E-state index in [0.717, 1.165) is 5.82 Å². The van der Waals surface area contributed by atoms with E-state index in [0.29, 0.717) is 50.6 Å². The molecule has 0 fully saturated rings. The molecule has 29 heavy (non-hydrogen) atoms. The van der Waals surface area contributed by atoms with Crippen LogP contribution < -0.4 is 5.32 Å². The lowest BCUT2D eigenvalue weighted by Crippen LogP contribution is -2.36. The minimum absolute atomic E-state index is 0.0796. The minimum atomic E-state index is -0.304. The molecule has 3 heterocycles. The van der Waals surface area contributed by atoms with Gasteiger partial charge in [-0.25, -0.2) is 0 Å². The normalized spacial score (nSPS) is 15.0. The molecule has 1 aliphatic heterocycles. The summed E-state index contributed by atoms with van der Waals surface area (Å²) in [5.41, 5.74) is 0.365. The summed E-state index contributed by atoms with van der Waals surface area (Å²) in [6, 6.07) is 4.93. The molecule has 9 heteroatoms. The first-order valence-corrected chi connectivity index (χ1v) is 9.91. The van der Waals surface area contributed by atoms with Gasteiger partial charge in [0.15, 0.2) is 5.82 Å². The van der Waals surface area contributed by atoms with Gasteiger partial charge >= 0.3 is 0 Å². The van der Waals surface area contributed by atoms with Gasteiger partial charge in [0.1, 0.15) is 11.5 Å². The maximum atomic E-state index is 12.6. The Morgan fingerprint density at radius 2 is 2.03 bits per heavy atom. The van der Waals surface area contributed by atoms with Crippen LogP contribution in [0.4, 0.5) is 0 Å². The zero-order valence-corrected chi connectivity index (χ0v) is 17.2. The van der Waals surface area contributed by atoms with Gasteiger partial charge in [0.2, 0.25) is 5.91 Å². The Balaban J connectivity index is 1.75. The number of nitrogens with one attached hydrogen (secondary N) is 1. The lowest BCUT2D eigenvalue weighted by molar-refractivity contribution is -0.132. The summed E-state index contributed by atoms with van der Waals surface area (Å²) in [6.45, 7) is 6.26. The van der Waals surface area contributed by atoms with Crippen molar-refractivity contribution in [2.45, 2.75) is 39.3 Å². The number of amides is 2. The first-order valence-electron chi connectivity index (χ1n) is 9.91. The number of carbonyl (C=O) groups excluding carboxylic acids is 2. The van der Waals surface area contributed by atoms with E-state index in [-0.39, 0.29) is 23.8 Å².